The SMILES string of the molecule is NC(=NO)C1(C(=O)NC(C2CC2)C2CC2)CCC1. The number of nitrogens with two attached hydrogens (primary N) is 1. The van der Waals surface area contributed by atoms with E-state index in [2.05, 4.69) is 10.5 Å². The van der Waals surface area contributed by atoms with E-state index in [1.165, 1.54) is 25.7 Å². The first-order chi connectivity index (χ1) is 8.67. The van der Waals surface area contributed by atoms with E-state index in [1.54, 1.807) is 0 Å². The quantitative estimate of drug-likeness (QED) is 0.297. The molecule has 0 aromatic heterocycles. The minimum Gasteiger partial charge on any atom is -0.409 e. The van der Waals surface area contributed by atoms with Gasteiger partial charge in [0.1, 0.15) is 5.41 Å². The van der Waals surface area contributed by atoms with Crippen molar-refractivity contribution in [1.29, 1.82) is 0 Å². The molecule has 4 N–H and O–H groups in total. The topological polar surface area (TPSA) is 87.7 Å². The predicted octanol–water partition coefficient (Wildman–Crippen LogP) is 1.21. The number of nitrogens with one attached hydrogen (secondary N) is 1. The lowest BCUT2D eigenvalue weighted by atomic mass is 9.67. The highest BCUT2D eigenvalue weighted by Crippen LogP contribution is 2.46. The Kier molecular flexibility index (Phi) is 2.72. The summed E-state index contributed by atoms with van der Waals surface area (Å²) in [6.07, 6.45) is 7.32. The number of amidine groups is 1. The van der Waals surface area contributed by atoms with Crippen LogP contribution in [0.25, 0.3) is 0 Å². The van der Waals surface area contributed by atoms with Crippen molar-refractivity contribution in [2.45, 2.75) is 51.0 Å². The molecule has 0 aliphatic heterocycles. The van der Waals surface area contributed by atoms with Gasteiger partial charge in [0.25, 0.3) is 0 Å². The van der Waals surface area contributed by atoms with Crippen LogP contribution in [0.2, 0.25) is 0 Å². The van der Waals surface area contributed by atoms with Crippen LogP contribution in [0.15, 0.2) is 5.16 Å². The molecule has 3 aliphatic carbocycles. The van der Waals surface area contributed by atoms with Gasteiger partial charge in [0.2, 0.25) is 5.91 Å². The summed E-state index contributed by atoms with van der Waals surface area (Å²) in [6.45, 7) is 0. The molecule has 0 bridgehead atoms. The van der Waals surface area contributed by atoms with Gasteiger partial charge in [-0.25, -0.2) is 0 Å². The molecule has 100 valence electrons. The van der Waals surface area contributed by atoms with Gasteiger partial charge in [0.15, 0.2) is 5.84 Å². The Balaban J connectivity index is 1.69. The fourth-order valence-corrected chi connectivity index (χ4v) is 3.05. The minimum atomic E-state index is -0.725. The van der Waals surface area contributed by atoms with Gasteiger partial charge >= 0.3 is 0 Å². The fraction of sp³-hybridized carbons (Fsp3) is 0.846. The molecule has 0 saturated heterocycles. The highest BCUT2D eigenvalue weighted by atomic mass is 16.4. The average molecular weight is 251 g/mol. The van der Waals surface area contributed by atoms with E-state index >= 15 is 0 Å². The van der Waals surface area contributed by atoms with Gasteiger partial charge in [-0.1, -0.05) is 11.6 Å². The summed E-state index contributed by atoms with van der Waals surface area (Å²) in [5.74, 6) is 1.40. The normalized spacial score (nSPS) is 26.8. The number of oxime groups is 1. The van der Waals surface area contributed by atoms with Crippen molar-refractivity contribution in [2.75, 3.05) is 0 Å². The van der Waals surface area contributed by atoms with E-state index in [0.717, 1.165) is 6.42 Å². The maximum atomic E-state index is 12.4. The molecular weight excluding hydrogens is 230 g/mol. The van der Waals surface area contributed by atoms with Crippen molar-refractivity contribution < 1.29 is 10.0 Å². The van der Waals surface area contributed by atoms with Gasteiger partial charge in [-0.2, -0.15) is 0 Å². The van der Waals surface area contributed by atoms with Crippen molar-refractivity contribution in [3.63, 3.8) is 0 Å². The number of carbonyl (C=O) groups is 1. The van der Waals surface area contributed by atoms with Gasteiger partial charge in [-0.15, -0.1) is 0 Å². The van der Waals surface area contributed by atoms with E-state index < -0.39 is 5.41 Å². The molecule has 1 amide bonds. The Hall–Kier alpha value is -1.26. The Morgan fingerprint density at radius 2 is 1.83 bits per heavy atom. The molecule has 3 saturated carbocycles. The van der Waals surface area contributed by atoms with Crippen molar-refractivity contribution in [3.8, 4) is 0 Å². The van der Waals surface area contributed by atoms with E-state index in [1.807, 2.05) is 0 Å². The van der Waals surface area contributed by atoms with Crippen LogP contribution < -0.4 is 11.1 Å². The van der Waals surface area contributed by atoms with Crippen molar-refractivity contribution in [3.05, 3.63) is 0 Å². The zero-order chi connectivity index (χ0) is 12.8. The molecule has 3 aliphatic rings. The molecule has 3 fully saturated rings. The smallest absolute Gasteiger partial charge is 0.234 e. The molecule has 18 heavy (non-hydrogen) atoms. The van der Waals surface area contributed by atoms with Gasteiger partial charge in [-0.3, -0.25) is 4.79 Å². The second-order valence-electron chi connectivity index (χ2n) is 6.10. The molecule has 3 rings (SSSR count). The van der Waals surface area contributed by atoms with Gasteiger partial charge in [-0.05, 0) is 50.4 Å². The zero-order valence-electron chi connectivity index (χ0n) is 10.6. The Labute approximate surface area is 107 Å². The standard InChI is InChI=1S/C13H21N3O2/c14-11(16-18)13(6-1-7-13)12(17)15-10(8-2-3-8)9-4-5-9/h8-10,18H,1-7H2,(H2,14,16)(H,15,17). The highest BCUT2D eigenvalue weighted by molar-refractivity contribution is 6.07. The first-order valence-corrected chi connectivity index (χ1v) is 6.96. The molecule has 0 atom stereocenters. The fourth-order valence-electron chi connectivity index (χ4n) is 3.05. The predicted molar refractivity (Wildman–Crippen MR) is 67.1 cm³/mol. The van der Waals surface area contributed by atoms with E-state index in [0.29, 0.717) is 30.7 Å². The van der Waals surface area contributed by atoms with E-state index in [9.17, 15) is 4.79 Å². The van der Waals surface area contributed by atoms with Crippen LogP contribution >= 0.6 is 0 Å². The maximum absolute atomic E-state index is 12.4. The molecule has 0 unspecified atom stereocenters. The number of nitrogens with zero attached hydrogens (tertiary/aromatic N) is 1. The third-order valence-corrected chi connectivity index (χ3v) is 4.80. The molecule has 5 nitrogen and oxygen atoms in total. The Morgan fingerprint density at radius 3 is 2.17 bits per heavy atom. The Bertz CT molecular complexity index is 370. The second-order valence-corrected chi connectivity index (χ2v) is 6.10. The third-order valence-electron chi connectivity index (χ3n) is 4.80. The van der Waals surface area contributed by atoms with Crippen LogP contribution in [-0.4, -0.2) is 23.0 Å². The summed E-state index contributed by atoms with van der Waals surface area (Å²) < 4.78 is 0. The lowest BCUT2D eigenvalue weighted by Gasteiger charge is -2.39. The molecule has 0 aromatic carbocycles. The lowest BCUT2D eigenvalue weighted by Crippen LogP contribution is -2.56. The highest BCUT2D eigenvalue weighted by Gasteiger charge is 2.51. The zero-order valence-corrected chi connectivity index (χ0v) is 10.6. The number of hydrogen-bond donors (Lipinski definition) is 3. The van der Waals surface area contributed by atoms with Crippen molar-refractivity contribution in [1.82, 2.24) is 5.32 Å². The number of rotatable bonds is 5. The van der Waals surface area contributed by atoms with Gasteiger partial charge in [0, 0.05) is 6.04 Å². The number of amides is 1. The van der Waals surface area contributed by atoms with Gasteiger partial charge in [0.05, 0.1) is 0 Å². The van der Waals surface area contributed by atoms with E-state index in [4.69, 9.17) is 10.9 Å². The van der Waals surface area contributed by atoms with Crippen LogP contribution in [0.4, 0.5) is 0 Å². The maximum Gasteiger partial charge on any atom is 0.234 e. The summed E-state index contributed by atoms with van der Waals surface area (Å²) in [6, 6.07) is 0.335. The van der Waals surface area contributed by atoms with Crippen LogP contribution in [-0.2, 0) is 4.79 Å². The molecule has 5 heteroatoms. The molecule has 0 heterocycles. The molecule has 0 radical (unpaired) electrons. The second kappa shape index (κ2) is 4.14. The lowest BCUT2D eigenvalue weighted by molar-refractivity contribution is -0.132. The van der Waals surface area contributed by atoms with Crippen LogP contribution in [0.3, 0.4) is 0 Å². The Morgan fingerprint density at radius 1 is 1.28 bits per heavy atom. The summed E-state index contributed by atoms with van der Waals surface area (Å²) in [7, 11) is 0. The van der Waals surface area contributed by atoms with E-state index in [-0.39, 0.29) is 11.7 Å². The van der Waals surface area contributed by atoms with Crippen LogP contribution in [0, 0.1) is 17.3 Å². The minimum absolute atomic E-state index is 0.0205. The third kappa shape index (κ3) is 1.85. The molecule has 0 aromatic rings. The first kappa shape index (κ1) is 11.8. The summed E-state index contributed by atoms with van der Waals surface area (Å²) >= 11 is 0. The van der Waals surface area contributed by atoms with Crippen molar-refractivity contribution in [2.24, 2.45) is 28.1 Å². The largest absolute Gasteiger partial charge is 0.409 e. The summed E-state index contributed by atoms with van der Waals surface area (Å²) in [4.78, 5) is 12.4. The first-order valence-electron chi connectivity index (χ1n) is 6.96. The summed E-state index contributed by atoms with van der Waals surface area (Å²) in [5, 5.41) is 15.1. The summed E-state index contributed by atoms with van der Waals surface area (Å²) in [5.41, 5.74) is 4.99. The molecular formula is C13H21N3O2. The van der Waals surface area contributed by atoms with Crippen molar-refractivity contribution >= 4 is 11.7 Å². The molecule has 0 spiro atoms. The van der Waals surface area contributed by atoms with Gasteiger partial charge < -0.3 is 16.3 Å². The number of hydrogen-bond acceptors (Lipinski definition) is 3. The van der Waals surface area contributed by atoms with Crippen LogP contribution in [0.5, 0.6) is 0 Å². The number of carbonyl (C=O) groups excluding carboxylic acids is 1. The monoisotopic (exact) mass is 251 g/mol. The average Bonchev–Trinajstić information content (AvgIpc) is 3.15. The van der Waals surface area contributed by atoms with Crippen LogP contribution in [0.1, 0.15) is 44.9 Å².